The van der Waals surface area contributed by atoms with Crippen LogP contribution in [0.4, 0.5) is 5.69 Å². The van der Waals surface area contributed by atoms with Crippen molar-refractivity contribution in [2.24, 2.45) is 11.7 Å². The summed E-state index contributed by atoms with van der Waals surface area (Å²) in [5.74, 6) is 0.618. The van der Waals surface area contributed by atoms with E-state index in [9.17, 15) is 8.42 Å². The fraction of sp³-hybridized carbons (Fsp3) is 0.600. The summed E-state index contributed by atoms with van der Waals surface area (Å²) in [6.45, 7) is 8.49. The highest BCUT2D eigenvalue weighted by Gasteiger charge is 2.14. The zero-order valence-electron chi connectivity index (χ0n) is 12.7. The molecule has 0 bridgehead atoms. The van der Waals surface area contributed by atoms with Crippen molar-refractivity contribution in [3.8, 4) is 0 Å². The first-order valence-corrected chi connectivity index (χ1v) is 8.87. The standard InChI is InChI=1S/C15H26N2O2S/c1-4-10-20(18,19)15-8-6-14(7-9-15)17(5-2)12-13(3)11-16/h6-9,13H,4-5,10-12,16H2,1-3H3. The Hall–Kier alpha value is -1.07. The van der Waals surface area contributed by atoms with Crippen molar-refractivity contribution in [2.45, 2.75) is 32.1 Å². The molecule has 5 heteroatoms. The fourth-order valence-corrected chi connectivity index (χ4v) is 3.44. The van der Waals surface area contributed by atoms with Crippen LogP contribution in [0.5, 0.6) is 0 Å². The van der Waals surface area contributed by atoms with Crippen molar-refractivity contribution in [3.63, 3.8) is 0 Å². The number of sulfone groups is 1. The van der Waals surface area contributed by atoms with E-state index in [1.165, 1.54) is 0 Å². The first kappa shape index (κ1) is 17.0. The molecule has 0 amide bonds. The number of hydrogen-bond acceptors (Lipinski definition) is 4. The molecule has 0 spiro atoms. The Morgan fingerprint density at radius 2 is 1.80 bits per heavy atom. The minimum atomic E-state index is -3.13. The molecule has 4 nitrogen and oxygen atoms in total. The average Bonchev–Trinajstić information content (AvgIpc) is 2.44. The summed E-state index contributed by atoms with van der Waals surface area (Å²) in [5.41, 5.74) is 6.71. The highest BCUT2D eigenvalue weighted by atomic mass is 32.2. The molecule has 0 aliphatic heterocycles. The lowest BCUT2D eigenvalue weighted by Gasteiger charge is -2.26. The van der Waals surface area contributed by atoms with E-state index in [2.05, 4.69) is 18.7 Å². The molecule has 1 aromatic rings. The average molecular weight is 298 g/mol. The molecule has 0 radical (unpaired) electrons. The minimum Gasteiger partial charge on any atom is -0.371 e. The maximum absolute atomic E-state index is 12.0. The van der Waals surface area contributed by atoms with Crippen molar-refractivity contribution in [1.29, 1.82) is 0 Å². The van der Waals surface area contributed by atoms with Crippen LogP contribution in [0.2, 0.25) is 0 Å². The molecule has 2 N–H and O–H groups in total. The van der Waals surface area contributed by atoms with Gasteiger partial charge in [0.2, 0.25) is 0 Å². The van der Waals surface area contributed by atoms with Crippen molar-refractivity contribution in [1.82, 2.24) is 0 Å². The molecule has 114 valence electrons. The lowest BCUT2D eigenvalue weighted by Crippen LogP contribution is -2.31. The second-order valence-electron chi connectivity index (χ2n) is 5.19. The van der Waals surface area contributed by atoms with Gasteiger partial charge in [-0.2, -0.15) is 0 Å². The van der Waals surface area contributed by atoms with E-state index in [1.807, 2.05) is 19.1 Å². The molecule has 0 saturated carbocycles. The van der Waals surface area contributed by atoms with Gasteiger partial charge in [0, 0.05) is 18.8 Å². The van der Waals surface area contributed by atoms with E-state index < -0.39 is 9.84 Å². The molecular weight excluding hydrogens is 272 g/mol. The molecule has 0 aliphatic rings. The number of rotatable bonds is 8. The summed E-state index contributed by atoms with van der Waals surface area (Å²) >= 11 is 0. The number of nitrogens with zero attached hydrogens (tertiary/aromatic N) is 1. The van der Waals surface area contributed by atoms with E-state index in [0.717, 1.165) is 18.8 Å². The molecule has 0 fully saturated rings. The molecule has 1 atom stereocenters. The number of hydrogen-bond donors (Lipinski definition) is 1. The Labute approximate surface area is 122 Å². The van der Waals surface area contributed by atoms with E-state index in [4.69, 9.17) is 5.73 Å². The zero-order chi connectivity index (χ0) is 15.2. The summed E-state index contributed by atoms with van der Waals surface area (Å²) in [6.07, 6.45) is 0.638. The van der Waals surface area contributed by atoms with Gasteiger partial charge in [-0.05, 0) is 50.1 Å². The molecule has 20 heavy (non-hydrogen) atoms. The summed E-state index contributed by atoms with van der Waals surface area (Å²) in [7, 11) is -3.13. The normalized spacial score (nSPS) is 13.2. The predicted octanol–water partition coefficient (Wildman–Crippen LogP) is 2.29. The van der Waals surface area contributed by atoms with Gasteiger partial charge in [-0.25, -0.2) is 8.42 Å². The van der Waals surface area contributed by atoms with Crippen molar-refractivity contribution >= 4 is 15.5 Å². The van der Waals surface area contributed by atoms with E-state index in [1.54, 1.807) is 12.1 Å². The Balaban J connectivity index is 2.89. The van der Waals surface area contributed by atoms with Crippen LogP contribution in [0.1, 0.15) is 27.2 Å². The molecule has 0 aromatic heterocycles. The summed E-state index contributed by atoms with van der Waals surface area (Å²) in [5, 5.41) is 0. The smallest absolute Gasteiger partial charge is 0.178 e. The summed E-state index contributed by atoms with van der Waals surface area (Å²) in [6, 6.07) is 7.18. The van der Waals surface area contributed by atoms with Crippen LogP contribution in [-0.2, 0) is 9.84 Å². The van der Waals surface area contributed by atoms with E-state index in [-0.39, 0.29) is 5.75 Å². The monoisotopic (exact) mass is 298 g/mol. The van der Waals surface area contributed by atoms with E-state index in [0.29, 0.717) is 23.8 Å². The quantitative estimate of drug-likeness (QED) is 0.800. The van der Waals surface area contributed by atoms with Crippen LogP contribution < -0.4 is 10.6 Å². The van der Waals surface area contributed by atoms with Crippen LogP contribution in [0, 0.1) is 5.92 Å². The minimum absolute atomic E-state index is 0.202. The maximum atomic E-state index is 12.0. The first-order valence-electron chi connectivity index (χ1n) is 7.22. The van der Waals surface area contributed by atoms with Gasteiger partial charge in [-0.1, -0.05) is 13.8 Å². The molecule has 0 aliphatic carbocycles. The third-order valence-electron chi connectivity index (χ3n) is 3.35. The summed E-state index contributed by atoms with van der Waals surface area (Å²) in [4.78, 5) is 2.62. The lowest BCUT2D eigenvalue weighted by molar-refractivity contribution is 0.576. The Bertz CT molecular complexity index is 497. The molecular formula is C15H26N2O2S. The SMILES string of the molecule is CCCS(=O)(=O)c1ccc(N(CC)CC(C)CN)cc1. The predicted molar refractivity (Wildman–Crippen MR) is 84.9 cm³/mol. The van der Waals surface area contributed by atoms with Crippen LogP contribution in [0.25, 0.3) is 0 Å². The van der Waals surface area contributed by atoms with Crippen LogP contribution in [0.15, 0.2) is 29.2 Å². The molecule has 1 aromatic carbocycles. The van der Waals surface area contributed by atoms with Crippen molar-refractivity contribution in [2.75, 3.05) is 30.3 Å². The Morgan fingerprint density at radius 1 is 1.20 bits per heavy atom. The Morgan fingerprint density at radius 3 is 2.25 bits per heavy atom. The molecule has 1 unspecified atom stereocenters. The molecule has 0 heterocycles. The fourth-order valence-electron chi connectivity index (χ4n) is 2.12. The highest BCUT2D eigenvalue weighted by Crippen LogP contribution is 2.20. The zero-order valence-corrected chi connectivity index (χ0v) is 13.5. The largest absolute Gasteiger partial charge is 0.371 e. The van der Waals surface area contributed by atoms with Crippen LogP contribution in [-0.4, -0.2) is 33.8 Å². The third-order valence-corrected chi connectivity index (χ3v) is 5.29. The second-order valence-corrected chi connectivity index (χ2v) is 7.30. The van der Waals surface area contributed by atoms with Gasteiger partial charge in [-0.15, -0.1) is 0 Å². The van der Waals surface area contributed by atoms with Crippen LogP contribution >= 0.6 is 0 Å². The topological polar surface area (TPSA) is 63.4 Å². The van der Waals surface area contributed by atoms with Gasteiger partial charge in [-0.3, -0.25) is 0 Å². The van der Waals surface area contributed by atoms with Gasteiger partial charge in [0.25, 0.3) is 0 Å². The van der Waals surface area contributed by atoms with Gasteiger partial charge >= 0.3 is 0 Å². The Kier molecular flexibility index (Phi) is 6.49. The number of anilines is 1. The van der Waals surface area contributed by atoms with Crippen molar-refractivity contribution in [3.05, 3.63) is 24.3 Å². The molecule has 1 rings (SSSR count). The highest BCUT2D eigenvalue weighted by molar-refractivity contribution is 7.91. The maximum Gasteiger partial charge on any atom is 0.178 e. The number of nitrogens with two attached hydrogens (primary N) is 1. The van der Waals surface area contributed by atoms with Crippen LogP contribution in [0.3, 0.4) is 0 Å². The van der Waals surface area contributed by atoms with Gasteiger partial charge < -0.3 is 10.6 Å². The van der Waals surface area contributed by atoms with E-state index >= 15 is 0 Å². The van der Waals surface area contributed by atoms with Gasteiger partial charge in [0.1, 0.15) is 0 Å². The lowest BCUT2D eigenvalue weighted by atomic mass is 10.1. The van der Waals surface area contributed by atoms with Gasteiger partial charge in [0.05, 0.1) is 10.6 Å². The molecule has 0 saturated heterocycles. The van der Waals surface area contributed by atoms with Gasteiger partial charge in [0.15, 0.2) is 9.84 Å². The second kappa shape index (κ2) is 7.64. The number of benzene rings is 1. The third kappa shape index (κ3) is 4.49. The first-order chi connectivity index (χ1) is 9.44. The van der Waals surface area contributed by atoms with Crippen molar-refractivity contribution < 1.29 is 8.42 Å². The summed E-state index contributed by atoms with van der Waals surface area (Å²) < 4.78 is 24.0.